The first-order chi connectivity index (χ1) is 12.9. The highest BCUT2D eigenvalue weighted by Crippen LogP contribution is 2.28. The van der Waals surface area contributed by atoms with Gasteiger partial charge in [-0.15, -0.1) is 0 Å². The molecule has 3 aliphatic rings. The Bertz CT molecular complexity index is 647. The third kappa shape index (κ3) is 5.00. The van der Waals surface area contributed by atoms with Gasteiger partial charge in [0.1, 0.15) is 0 Å². The zero-order valence-electron chi connectivity index (χ0n) is 16.1. The van der Waals surface area contributed by atoms with Crippen LogP contribution in [0.5, 0.6) is 0 Å². The van der Waals surface area contributed by atoms with Gasteiger partial charge in [-0.1, -0.05) is 12.8 Å². The lowest BCUT2D eigenvalue weighted by molar-refractivity contribution is -0.130. The van der Waals surface area contributed by atoms with Crippen LogP contribution in [0.1, 0.15) is 44.9 Å². The van der Waals surface area contributed by atoms with E-state index < -0.39 is 16.1 Å². The van der Waals surface area contributed by atoms with E-state index in [4.69, 9.17) is 4.74 Å². The number of sulfonamides is 1. The van der Waals surface area contributed by atoms with Crippen LogP contribution in [0.3, 0.4) is 0 Å². The fraction of sp³-hybridized carbons (Fsp3) is 0.889. The van der Waals surface area contributed by atoms with Crippen molar-refractivity contribution in [1.82, 2.24) is 14.5 Å². The van der Waals surface area contributed by atoms with E-state index in [9.17, 15) is 18.0 Å². The molecule has 2 saturated heterocycles. The van der Waals surface area contributed by atoms with Gasteiger partial charge in [0.05, 0.1) is 11.8 Å². The number of ether oxygens (including phenoxy) is 1. The molecule has 2 aliphatic heterocycles. The molecule has 0 aromatic rings. The largest absolute Gasteiger partial charge is 0.385 e. The van der Waals surface area contributed by atoms with Gasteiger partial charge in [0.2, 0.25) is 15.9 Å². The molecule has 0 aromatic carbocycles. The Morgan fingerprint density at radius 3 is 2.74 bits per heavy atom. The predicted molar refractivity (Wildman–Crippen MR) is 100 cm³/mol. The lowest BCUT2D eigenvalue weighted by Crippen LogP contribution is -2.44. The fourth-order valence-corrected chi connectivity index (χ4v) is 6.01. The molecule has 9 heteroatoms. The molecule has 1 aliphatic carbocycles. The molecule has 0 bridgehead atoms. The Morgan fingerprint density at radius 2 is 2.04 bits per heavy atom. The lowest BCUT2D eigenvalue weighted by atomic mass is 10.0. The topological polar surface area (TPSA) is 96.0 Å². The first-order valence-electron chi connectivity index (χ1n) is 9.97. The summed E-state index contributed by atoms with van der Waals surface area (Å²) in [5.41, 5.74) is 0. The van der Waals surface area contributed by atoms with Gasteiger partial charge in [-0.2, -0.15) is 0 Å². The number of rotatable bonds is 7. The van der Waals surface area contributed by atoms with Crippen LogP contribution in [-0.4, -0.2) is 80.6 Å². The molecule has 2 unspecified atom stereocenters. The molecule has 0 aromatic heterocycles. The molecule has 154 valence electrons. The van der Waals surface area contributed by atoms with Crippen LogP contribution < -0.4 is 5.32 Å². The minimum absolute atomic E-state index is 0.0570. The lowest BCUT2D eigenvalue weighted by Gasteiger charge is -2.23. The molecule has 2 heterocycles. The zero-order valence-corrected chi connectivity index (χ0v) is 16.9. The quantitative estimate of drug-likeness (QED) is 0.618. The summed E-state index contributed by atoms with van der Waals surface area (Å²) in [6.45, 7) is 1.42. The van der Waals surface area contributed by atoms with Crippen molar-refractivity contribution >= 4 is 21.8 Å². The van der Waals surface area contributed by atoms with Gasteiger partial charge >= 0.3 is 0 Å². The van der Waals surface area contributed by atoms with Gasteiger partial charge in [-0.3, -0.25) is 14.5 Å². The Balaban J connectivity index is 1.59. The maximum atomic E-state index is 12.9. The number of carbonyl (C=O) groups excluding carboxylic acids is 2. The predicted octanol–water partition coefficient (Wildman–Crippen LogP) is 0.334. The second-order valence-corrected chi connectivity index (χ2v) is 9.95. The number of carbonyl (C=O) groups is 2. The van der Waals surface area contributed by atoms with Crippen LogP contribution in [-0.2, 0) is 24.3 Å². The van der Waals surface area contributed by atoms with Crippen LogP contribution in [0.4, 0.5) is 0 Å². The van der Waals surface area contributed by atoms with Gasteiger partial charge in [-0.05, 0) is 31.6 Å². The molecule has 0 spiro atoms. The number of methoxy groups -OCH3 is 1. The van der Waals surface area contributed by atoms with Crippen LogP contribution in [0, 0.1) is 5.92 Å². The normalized spacial score (nSPS) is 28.9. The Hall–Kier alpha value is -1.19. The first kappa shape index (κ1) is 20.5. The van der Waals surface area contributed by atoms with Gasteiger partial charge in [0.25, 0.3) is 5.91 Å². The van der Waals surface area contributed by atoms with Gasteiger partial charge in [-0.25, -0.2) is 12.7 Å². The van der Waals surface area contributed by atoms with Crippen LogP contribution in [0.25, 0.3) is 0 Å². The highest BCUT2D eigenvalue weighted by Gasteiger charge is 2.45. The molecular formula is C18H31N3O5S. The molecule has 8 nitrogen and oxygen atoms in total. The summed E-state index contributed by atoms with van der Waals surface area (Å²) in [4.78, 5) is 27.1. The minimum Gasteiger partial charge on any atom is -0.385 e. The molecule has 27 heavy (non-hydrogen) atoms. The third-order valence-corrected chi connectivity index (χ3v) is 7.66. The molecular weight excluding hydrogens is 370 g/mol. The number of nitrogens with zero attached hydrogens (tertiary/aromatic N) is 2. The second-order valence-electron chi connectivity index (χ2n) is 7.94. The van der Waals surface area contributed by atoms with Crippen molar-refractivity contribution in [2.45, 2.75) is 57.0 Å². The van der Waals surface area contributed by atoms with E-state index in [1.54, 1.807) is 7.11 Å². The maximum Gasteiger partial charge on any atom is 0.253 e. The van der Waals surface area contributed by atoms with Crippen molar-refractivity contribution in [2.24, 2.45) is 5.92 Å². The van der Waals surface area contributed by atoms with Crippen LogP contribution in [0.15, 0.2) is 0 Å². The first-order valence-corrected chi connectivity index (χ1v) is 11.6. The summed E-state index contributed by atoms with van der Waals surface area (Å²) < 4.78 is 30.9. The average Bonchev–Trinajstić information content (AvgIpc) is 3.24. The Morgan fingerprint density at radius 1 is 1.30 bits per heavy atom. The van der Waals surface area contributed by atoms with E-state index in [2.05, 4.69) is 5.32 Å². The SMILES string of the molecule is COCCCN1C(=O)C2CC(NC(=O)CC3CCCC3)CN2CCS1(=O)=O. The van der Waals surface area contributed by atoms with Crippen LogP contribution in [0.2, 0.25) is 0 Å². The summed E-state index contributed by atoms with van der Waals surface area (Å²) in [5.74, 6) is 0.114. The zero-order chi connectivity index (χ0) is 19.4. The summed E-state index contributed by atoms with van der Waals surface area (Å²) >= 11 is 0. The van der Waals surface area contributed by atoms with Gasteiger partial charge < -0.3 is 10.1 Å². The standard InChI is InChI=1S/C18H31N3O5S/c1-26-9-4-7-21-18(23)16-12-15(13-20(16)8-10-27(21,24)25)19-17(22)11-14-5-2-3-6-14/h14-16H,2-13H2,1H3,(H,19,22). The summed E-state index contributed by atoms with van der Waals surface area (Å²) in [7, 11) is -2.04. The van der Waals surface area contributed by atoms with Crippen molar-refractivity contribution in [3.63, 3.8) is 0 Å². The highest BCUT2D eigenvalue weighted by molar-refractivity contribution is 7.89. The van der Waals surface area contributed by atoms with E-state index >= 15 is 0 Å². The van der Waals surface area contributed by atoms with Crippen molar-refractivity contribution in [3.05, 3.63) is 0 Å². The molecule has 3 fully saturated rings. The number of fused-ring (bicyclic) bond motifs is 1. The van der Waals surface area contributed by atoms with E-state index in [1.165, 1.54) is 12.8 Å². The maximum absolute atomic E-state index is 12.9. The number of hydrogen-bond donors (Lipinski definition) is 1. The number of nitrogens with one attached hydrogen (secondary N) is 1. The average molecular weight is 402 g/mol. The second kappa shape index (κ2) is 8.87. The van der Waals surface area contributed by atoms with Crippen molar-refractivity contribution in [3.8, 4) is 0 Å². The Labute approximate surface area is 161 Å². The summed E-state index contributed by atoms with van der Waals surface area (Å²) in [6.07, 6.45) is 6.19. The molecule has 2 amide bonds. The molecule has 1 N–H and O–H groups in total. The highest BCUT2D eigenvalue weighted by atomic mass is 32.2. The van der Waals surface area contributed by atoms with Crippen molar-refractivity contribution < 1.29 is 22.7 Å². The van der Waals surface area contributed by atoms with E-state index in [0.717, 1.165) is 17.1 Å². The molecule has 2 atom stereocenters. The summed E-state index contributed by atoms with van der Waals surface area (Å²) in [5, 5.41) is 3.07. The van der Waals surface area contributed by atoms with Crippen LogP contribution >= 0.6 is 0 Å². The van der Waals surface area contributed by atoms with Crippen molar-refractivity contribution in [1.29, 1.82) is 0 Å². The smallest absolute Gasteiger partial charge is 0.253 e. The third-order valence-electron chi connectivity index (χ3n) is 5.93. The molecule has 1 saturated carbocycles. The Kier molecular flexibility index (Phi) is 6.75. The van der Waals surface area contributed by atoms with Crippen molar-refractivity contribution in [2.75, 3.05) is 39.1 Å². The van der Waals surface area contributed by atoms with E-state index in [-0.39, 0.29) is 30.2 Å². The van der Waals surface area contributed by atoms with E-state index in [1.807, 2.05) is 4.90 Å². The molecule has 0 radical (unpaired) electrons. The van der Waals surface area contributed by atoms with E-state index in [0.29, 0.717) is 44.9 Å². The minimum atomic E-state index is -3.59. The van der Waals surface area contributed by atoms with Gasteiger partial charge in [0, 0.05) is 45.8 Å². The molecule has 3 rings (SSSR count). The summed E-state index contributed by atoms with van der Waals surface area (Å²) in [6, 6.07) is -0.559. The number of amides is 2. The van der Waals surface area contributed by atoms with Gasteiger partial charge in [0.15, 0.2) is 0 Å². The monoisotopic (exact) mass is 401 g/mol. The fourth-order valence-electron chi connectivity index (χ4n) is 4.52. The number of hydrogen-bond acceptors (Lipinski definition) is 6.